The van der Waals surface area contributed by atoms with Crippen LogP contribution in [0.5, 0.6) is 5.75 Å². The third-order valence-electron chi connectivity index (χ3n) is 5.32. The SMILES string of the molecule is O=C1NC2(CCc3ccccc3C2)C(=O)N1Cc1cccc(OCC(F)(F)F)c1. The molecule has 1 atom stereocenters. The maximum absolute atomic E-state index is 13.1. The summed E-state index contributed by atoms with van der Waals surface area (Å²) in [5.74, 6) is -0.271. The molecule has 5 nitrogen and oxygen atoms in total. The molecule has 1 heterocycles. The Morgan fingerprint density at radius 2 is 1.83 bits per heavy atom. The van der Waals surface area contributed by atoms with E-state index in [0.717, 1.165) is 10.5 Å². The minimum Gasteiger partial charge on any atom is -0.484 e. The number of fused-ring (bicyclic) bond motifs is 1. The van der Waals surface area contributed by atoms with Gasteiger partial charge in [0.25, 0.3) is 5.91 Å². The van der Waals surface area contributed by atoms with Crippen molar-refractivity contribution in [1.29, 1.82) is 0 Å². The minimum absolute atomic E-state index is 0.0305. The molecule has 2 aromatic carbocycles. The van der Waals surface area contributed by atoms with E-state index in [1.54, 1.807) is 6.07 Å². The Morgan fingerprint density at radius 1 is 1.07 bits per heavy atom. The predicted molar refractivity (Wildman–Crippen MR) is 98.3 cm³/mol. The molecule has 0 radical (unpaired) electrons. The number of imide groups is 1. The fraction of sp³-hybridized carbons (Fsp3) is 0.333. The Kier molecular flexibility index (Phi) is 4.72. The number of rotatable bonds is 4. The summed E-state index contributed by atoms with van der Waals surface area (Å²) in [4.78, 5) is 26.8. The number of halogens is 3. The van der Waals surface area contributed by atoms with Gasteiger partial charge in [0.05, 0.1) is 6.54 Å². The topological polar surface area (TPSA) is 58.6 Å². The minimum atomic E-state index is -4.44. The molecule has 0 bridgehead atoms. The highest BCUT2D eigenvalue weighted by molar-refractivity contribution is 6.07. The summed E-state index contributed by atoms with van der Waals surface area (Å²) < 4.78 is 41.8. The first kappa shape index (κ1) is 19.3. The summed E-state index contributed by atoms with van der Waals surface area (Å²) >= 11 is 0. The first-order chi connectivity index (χ1) is 13.8. The molecule has 0 aromatic heterocycles. The lowest BCUT2D eigenvalue weighted by Crippen LogP contribution is -2.51. The van der Waals surface area contributed by atoms with Gasteiger partial charge in [-0.25, -0.2) is 4.79 Å². The van der Waals surface area contributed by atoms with Crippen LogP contribution in [0.15, 0.2) is 48.5 Å². The number of alkyl halides is 3. The lowest BCUT2D eigenvalue weighted by Gasteiger charge is -2.32. The number of carbonyl (C=O) groups excluding carboxylic acids is 2. The van der Waals surface area contributed by atoms with Crippen LogP contribution in [-0.2, 0) is 24.2 Å². The first-order valence-electron chi connectivity index (χ1n) is 9.25. The van der Waals surface area contributed by atoms with Gasteiger partial charge < -0.3 is 10.1 Å². The van der Waals surface area contributed by atoms with Crippen molar-refractivity contribution >= 4 is 11.9 Å². The molecule has 1 aliphatic heterocycles. The molecule has 4 rings (SSSR count). The molecule has 1 unspecified atom stereocenters. The van der Waals surface area contributed by atoms with Crippen LogP contribution in [0.25, 0.3) is 0 Å². The van der Waals surface area contributed by atoms with Crippen LogP contribution in [0.2, 0.25) is 0 Å². The highest BCUT2D eigenvalue weighted by Gasteiger charge is 2.52. The molecular formula is C21H19F3N2O3. The van der Waals surface area contributed by atoms with E-state index < -0.39 is 24.4 Å². The number of ether oxygens (including phenoxy) is 1. The summed E-state index contributed by atoms with van der Waals surface area (Å²) in [6.07, 6.45) is -2.81. The van der Waals surface area contributed by atoms with Crippen molar-refractivity contribution in [3.05, 3.63) is 65.2 Å². The summed E-state index contributed by atoms with van der Waals surface area (Å²) in [7, 11) is 0. The number of nitrogens with one attached hydrogen (secondary N) is 1. The second-order valence-electron chi connectivity index (χ2n) is 7.40. The van der Waals surface area contributed by atoms with Gasteiger partial charge in [0.1, 0.15) is 11.3 Å². The molecule has 1 saturated heterocycles. The standard InChI is InChI=1S/C21H19F3N2O3/c22-21(23,24)13-29-17-7-3-4-14(10-17)12-26-18(27)20(25-19(26)28)9-8-15-5-1-2-6-16(15)11-20/h1-7,10H,8-9,11-13H2,(H,25,28). The second kappa shape index (κ2) is 7.09. The van der Waals surface area contributed by atoms with Gasteiger partial charge >= 0.3 is 12.2 Å². The van der Waals surface area contributed by atoms with Crippen molar-refractivity contribution < 1.29 is 27.5 Å². The molecule has 1 spiro atoms. The third kappa shape index (κ3) is 3.92. The van der Waals surface area contributed by atoms with Gasteiger partial charge in [0.2, 0.25) is 0 Å². The molecular weight excluding hydrogens is 385 g/mol. The Hall–Kier alpha value is -3.03. The highest BCUT2D eigenvalue weighted by Crippen LogP contribution is 2.34. The van der Waals surface area contributed by atoms with E-state index in [9.17, 15) is 22.8 Å². The van der Waals surface area contributed by atoms with E-state index in [-0.39, 0.29) is 18.2 Å². The van der Waals surface area contributed by atoms with Crippen LogP contribution in [0.4, 0.5) is 18.0 Å². The van der Waals surface area contributed by atoms with E-state index in [4.69, 9.17) is 4.74 Å². The van der Waals surface area contributed by atoms with Crippen LogP contribution in [0.3, 0.4) is 0 Å². The normalized spacial score (nSPS) is 21.3. The zero-order valence-electron chi connectivity index (χ0n) is 15.5. The van der Waals surface area contributed by atoms with Crippen LogP contribution < -0.4 is 10.1 Å². The van der Waals surface area contributed by atoms with E-state index >= 15 is 0 Å². The number of amides is 3. The summed E-state index contributed by atoms with van der Waals surface area (Å²) in [5, 5.41) is 2.85. The molecule has 1 fully saturated rings. The number of hydrogen-bond donors (Lipinski definition) is 1. The molecule has 3 amide bonds. The Bertz CT molecular complexity index is 960. The monoisotopic (exact) mass is 404 g/mol. The molecule has 152 valence electrons. The van der Waals surface area contributed by atoms with Gasteiger partial charge in [-0.1, -0.05) is 36.4 Å². The molecule has 8 heteroatoms. The molecule has 2 aliphatic rings. The van der Waals surface area contributed by atoms with Gasteiger partial charge in [-0.2, -0.15) is 13.2 Å². The molecule has 0 saturated carbocycles. The molecule has 1 N–H and O–H groups in total. The van der Waals surface area contributed by atoms with Crippen molar-refractivity contribution in [3.8, 4) is 5.75 Å². The lowest BCUT2D eigenvalue weighted by molar-refractivity contribution is -0.153. The Labute approximate surface area is 165 Å². The summed E-state index contributed by atoms with van der Waals surface area (Å²) in [6, 6.07) is 13.3. The number of benzene rings is 2. The molecule has 29 heavy (non-hydrogen) atoms. The smallest absolute Gasteiger partial charge is 0.422 e. The summed E-state index contributed by atoms with van der Waals surface area (Å²) in [6.45, 7) is -1.43. The van der Waals surface area contributed by atoms with Crippen LogP contribution in [0.1, 0.15) is 23.1 Å². The number of hydrogen-bond acceptors (Lipinski definition) is 3. The van der Waals surface area contributed by atoms with Gasteiger partial charge in [-0.15, -0.1) is 0 Å². The maximum atomic E-state index is 13.1. The lowest BCUT2D eigenvalue weighted by atomic mass is 9.78. The second-order valence-corrected chi connectivity index (χ2v) is 7.40. The highest BCUT2D eigenvalue weighted by atomic mass is 19.4. The number of urea groups is 1. The van der Waals surface area contributed by atoms with Gasteiger partial charge in [0, 0.05) is 6.42 Å². The van der Waals surface area contributed by atoms with E-state index in [1.165, 1.54) is 23.8 Å². The van der Waals surface area contributed by atoms with Crippen molar-refractivity contribution in [3.63, 3.8) is 0 Å². The van der Waals surface area contributed by atoms with E-state index in [2.05, 4.69) is 5.32 Å². The van der Waals surface area contributed by atoms with E-state index in [0.29, 0.717) is 24.8 Å². The number of nitrogens with zero attached hydrogens (tertiary/aromatic N) is 1. The van der Waals surface area contributed by atoms with Crippen LogP contribution >= 0.6 is 0 Å². The van der Waals surface area contributed by atoms with Crippen LogP contribution in [0, 0.1) is 0 Å². The predicted octanol–water partition coefficient (Wildman–Crippen LogP) is 3.61. The van der Waals surface area contributed by atoms with Crippen LogP contribution in [-0.4, -0.2) is 35.2 Å². The molecule has 1 aliphatic carbocycles. The maximum Gasteiger partial charge on any atom is 0.422 e. The Balaban J connectivity index is 1.49. The fourth-order valence-electron chi connectivity index (χ4n) is 3.93. The quantitative estimate of drug-likeness (QED) is 0.793. The zero-order chi connectivity index (χ0) is 20.6. The van der Waals surface area contributed by atoms with Crippen molar-refractivity contribution in [2.75, 3.05) is 6.61 Å². The van der Waals surface area contributed by atoms with E-state index in [1.807, 2.05) is 24.3 Å². The van der Waals surface area contributed by atoms with Crippen molar-refractivity contribution in [2.24, 2.45) is 0 Å². The third-order valence-corrected chi connectivity index (χ3v) is 5.32. The zero-order valence-corrected chi connectivity index (χ0v) is 15.5. The van der Waals surface area contributed by atoms with Gasteiger partial charge in [0.15, 0.2) is 6.61 Å². The fourth-order valence-corrected chi connectivity index (χ4v) is 3.93. The molecule has 2 aromatic rings. The Morgan fingerprint density at radius 3 is 2.59 bits per heavy atom. The van der Waals surface area contributed by atoms with Gasteiger partial charge in [-0.3, -0.25) is 9.69 Å². The summed E-state index contributed by atoms with van der Waals surface area (Å²) in [5.41, 5.74) is 1.77. The average molecular weight is 404 g/mol. The van der Waals surface area contributed by atoms with Crippen molar-refractivity contribution in [1.82, 2.24) is 10.2 Å². The largest absolute Gasteiger partial charge is 0.484 e. The average Bonchev–Trinajstić information content (AvgIpc) is 2.90. The van der Waals surface area contributed by atoms with Gasteiger partial charge in [-0.05, 0) is 41.7 Å². The first-order valence-corrected chi connectivity index (χ1v) is 9.25. The number of aryl methyl sites for hydroxylation is 1. The van der Waals surface area contributed by atoms with Crippen molar-refractivity contribution in [2.45, 2.75) is 37.5 Å². The number of carbonyl (C=O) groups is 2.